The predicted octanol–water partition coefficient (Wildman–Crippen LogP) is 10.0. The van der Waals surface area contributed by atoms with Crippen LogP contribution in [0.4, 0.5) is 5.69 Å². The highest BCUT2D eigenvalue weighted by Crippen LogP contribution is 2.47. The van der Waals surface area contributed by atoms with Crippen molar-refractivity contribution < 1.29 is 28.7 Å². The van der Waals surface area contributed by atoms with Crippen LogP contribution >= 0.6 is 0 Å². The van der Waals surface area contributed by atoms with Crippen molar-refractivity contribution in [3.8, 4) is 11.1 Å². The summed E-state index contributed by atoms with van der Waals surface area (Å²) in [6.45, 7) is 8.33. The zero-order valence-electron chi connectivity index (χ0n) is 29.2. The summed E-state index contributed by atoms with van der Waals surface area (Å²) in [5, 5.41) is 7.26. The summed E-state index contributed by atoms with van der Waals surface area (Å²) >= 11 is 0. The molecule has 0 aliphatic carbocycles. The summed E-state index contributed by atoms with van der Waals surface area (Å²) in [6.07, 6.45) is 0. The molecule has 7 aromatic rings. The molecule has 1 aliphatic rings. The molecule has 7 nitrogen and oxygen atoms in total. The molecular weight excluding hydrogens is 638 g/mol. The van der Waals surface area contributed by atoms with Crippen LogP contribution in [0, 0.1) is 0 Å². The molecule has 0 radical (unpaired) electrons. The van der Waals surface area contributed by atoms with E-state index in [4.69, 9.17) is 9.47 Å². The molecule has 0 saturated heterocycles. The number of para-hydroxylation sites is 1. The second kappa shape index (κ2) is 11.8. The van der Waals surface area contributed by atoms with Gasteiger partial charge in [-0.15, -0.1) is 0 Å². The van der Waals surface area contributed by atoms with E-state index in [1.54, 1.807) is 12.1 Å². The van der Waals surface area contributed by atoms with Crippen LogP contribution in [0.3, 0.4) is 0 Å². The number of hydrogen-bond acceptors (Lipinski definition) is 6. The Morgan fingerprint density at radius 1 is 0.529 bits per heavy atom. The standard InChI is InChI=1S/C44H35NO6/c1-22(2)27-9-7-10-28(23(3)4)40(27)45-41(46)35-17-15-33-31-12-8-11-30-29(24-19-25(43(48)50-5)21-26(20-24)44(49)51-6)13-14-32(37(30)31)34-16-18-36(42(45)47)39(35)38(33)34/h7-23H,1-6H3. The molecule has 0 saturated carbocycles. The van der Waals surface area contributed by atoms with E-state index in [0.717, 1.165) is 54.4 Å². The molecule has 0 N–H and O–H groups in total. The van der Waals surface area contributed by atoms with Crippen LogP contribution in [-0.4, -0.2) is 38.0 Å². The lowest BCUT2D eigenvalue weighted by Crippen LogP contribution is -2.41. The molecule has 252 valence electrons. The van der Waals surface area contributed by atoms with E-state index in [-0.39, 0.29) is 34.8 Å². The Labute approximate surface area is 294 Å². The highest BCUT2D eigenvalue weighted by atomic mass is 16.5. The molecule has 1 heterocycles. The molecular formula is C44H35NO6. The van der Waals surface area contributed by atoms with E-state index < -0.39 is 11.9 Å². The number of fused-ring (bicyclic) bond motifs is 2. The van der Waals surface area contributed by atoms with E-state index in [0.29, 0.717) is 27.8 Å². The molecule has 0 bridgehead atoms. The number of esters is 2. The largest absolute Gasteiger partial charge is 0.465 e. The SMILES string of the molecule is COC(=O)c1cc(C(=O)OC)cc(-c2ccc3c4ccc5c6c(ccc(c7cccc2c73)c64)C(=O)N(c2c(C(C)C)cccc2C(C)C)C5=O)c1. The first kappa shape index (κ1) is 32.1. The van der Waals surface area contributed by atoms with Gasteiger partial charge in [0.15, 0.2) is 0 Å². The number of benzene rings is 7. The number of carbonyl (C=O) groups is 4. The van der Waals surface area contributed by atoms with Gasteiger partial charge in [-0.2, -0.15) is 0 Å². The maximum Gasteiger partial charge on any atom is 0.337 e. The van der Waals surface area contributed by atoms with Gasteiger partial charge >= 0.3 is 11.9 Å². The van der Waals surface area contributed by atoms with Crippen molar-refractivity contribution in [2.45, 2.75) is 39.5 Å². The van der Waals surface area contributed by atoms with E-state index in [9.17, 15) is 19.2 Å². The third-order valence-corrected chi connectivity index (χ3v) is 10.3. The normalized spacial score (nSPS) is 13.1. The number of nitrogens with zero attached hydrogens (tertiary/aromatic N) is 1. The van der Waals surface area contributed by atoms with Crippen LogP contribution in [0.25, 0.3) is 54.2 Å². The summed E-state index contributed by atoms with van der Waals surface area (Å²) in [5.41, 5.74) is 5.57. The van der Waals surface area contributed by atoms with Crippen LogP contribution in [0.1, 0.15) is 92.1 Å². The number of ether oxygens (including phenoxy) is 2. The minimum Gasteiger partial charge on any atom is -0.465 e. The lowest BCUT2D eigenvalue weighted by atomic mass is 9.83. The molecule has 7 aromatic carbocycles. The van der Waals surface area contributed by atoms with Crippen molar-refractivity contribution in [2.24, 2.45) is 0 Å². The van der Waals surface area contributed by atoms with Crippen molar-refractivity contribution in [3.63, 3.8) is 0 Å². The fourth-order valence-electron chi connectivity index (χ4n) is 7.97. The maximum absolute atomic E-state index is 14.6. The van der Waals surface area contributed by atoms with Gasteiger partial charge in [0, 0.05) is 16.5 Å². The lowest BCUT2D eigenvalue weighted by Gasteiger charge is -2.32. The number of imide groups is 1. The third-order valence-electron chi connectivity index (χ3n) is 10.3. The molecule has 0 unspecified atom stereocenters. The van der Waals surface area contributed by atoms with E-state index in [1.807, 2.05) is 66.7 Å². The fraction of sp³-hybridized carbons (Fsp3) is 0.182. The van der Waals surface area contributed by atoms with Gasteiger partial charge in [0.25, 0.3) is 11.8 Å². The Hall–Kier alpha value is -6.08. The van der Waals surface area contributed by atoms with E-state index in [2.05, 4.69) is 33.8 Å². The van der Waals surface area contributed by atoms with Crippen LogP contribution in [0.15, 0.2) is 91.0 Å². The average molecular weight is 674 g/mol. The molecule has 7 heteroatoms. The van der Waals surface area contributed by atoms with Crippen molar-refractivity contribution >= 4 is 72.5 Å². The Balaban J connectivity index is 1.38. The number of amides is 2. The predicted molar refractivity (Wildman–Crippen MR) is 202 cm³/mol. The van der Waals surface area contributed by atoms with Crippen molar-refractivity contribution in [1.29, 1.82) is 0 Å². The summed E-state index contributed by atoms with van der Waals surface area (Å²) < 4.78 is 9.98. The minimum atomic E-state index is -0.561. The fourth-order valence-corrected chi connectivity index (χ4v) is 7.97. The maximum atomic E-state index is 14.6. The first-order valence-electron chi connectivity index (χ1n) is 17.1. The Morgan fingerprint density at radius 3 is 1.49 bits per heavy atom. The molecule has 0 atom stereocenters. The Kier molecular flexibility index (Phi) is 7.42. The molecule has 0 aromatic heterocycles. The van der Waals surface area contributed by atoms with Crippen molar-refractivity contribution in [2.75, 3.05) is 19.1 Å². The van der Waals surface area contributed by atoms with Gasteiger partial charge in [-0.3, -0.25) is 9.59 Å². The number of carbonyl (C=O) groups excluding carboxylic acids is 4. The molecule has 0 fully saturated rings. The zero-order chi connectivity index (χ0) is 35.9. The molecule has 2 amide bonds. The molecule has 51 heavy (non-hydrogen) atoms. The topological polar surface area (TPSA) is 90.0 Å². The first-order chi connectivity index (χ1) is 24.5. The lowest BCUT2D eigenvalue weighted by molar-refractivity contribution is 0.0598. The van der Waals surface area contributed by atoms with Crippen LogP contribution in [0.2, 0.25) is 0 Å². The zero-order valence-corrected chi connectivity index (χ0v) is 29.2. The quantitative estimate of drug-likeness (QED) is 0.0756. The van der Waals surface area contributed by atoms with Crippen molar-refractivity contribution in [3.05, 3.63) is 124 Å². The van der Waals surface area contributed by atoms with Gasteiger partial charge in [0.05, 0.1) is 31.0 Å². The van der Waals surface area contributed by atoms with Crippen LogP contribution < -0.4 is 4.90 Å². The van der Waals surface area contributed by atoms with Crippen LogP contribution in [0.5, 0.6) is 0 Å². The second-order valence-corrected chi connectivity index (χ2v) is 13.8. The number of methoxy groups -OCH3 is 2. The third kappa shape index (κ3) is 4.64. The monoisotopic (exact) mass is 673 g/mol. The molecule has 0 spiro atoms. The summed E-state index contributed by atoms with van der Waals surface area (Å²) in [4.78, 5) is 55.8. The Bertz CT molecular complexity index is 2520. The number of anilines is 1. The average Bonchev–Trinajstić information content (AvgIpc) is 3.14. The number of rotatable bonds is 6. The van der Waals surface area contributed by atoms with E-state index in [1.165, 1.54) is 25.2 Å². The van der Waals surface area contributed by atoms with Gasteiger partial charge in [0.2, 0.25) is 0 Å². The van der Waals surface area contributed by atoms with Crippen LogP contribution in [-0.2, 0) is 9.47 Å². The van der Waals surface area contributed by atoms with Crippen molar-refractivity contribution in [1.82, 2.24) is 0 Å². The second-order valence-electron chi connectivity index (χ2n) is 13.8. The van der Waals surface area contributed by atoms with E-state index >= 15 is 0 Å². The number of hydrogen-bond donors (Lipinski definition) is 0. The first-order valence-corrected chi connectivity index (χ1v) is 17.1. The Morgan fingerprint density at radius 2 is 0.980 bits per heavy atom. The highest BCUT2D eigenvalue weighted by molar-refractivity contribution is 6.42. The molecule has 1 aliphatic heterocycles. The smallest absolute Gasteiger partial charge is 0.337 e. The van der Waals surface area contributed by atoms with Gasteiger partial charge in [-0.1, -0.05) is 88.4 Å². The van der Waals surface area contributed by atoms with Gasteiger partial charge in [0.1, 0.15) is 0 Å². The van der Waals surface area contributed by atoms with Gasteiger partial charge < -0.3 is 9.47 Å². The summed E-state index contributed by atoms with van der Waals surface area (Å²) in [6, 6.07) is 28.7. The minimum absolute atomic E-state index is 0.105. The highest BCUT2D eigenvalue weighted by Gasteiger charge is 2.38. The summed E-state index contributed by atoms with van der Waals surface area (Å²) in [7, 11) is 2.60. The summed E-state index contributed by atoms with van der Waals surface area (Å²) in [5.74, 6) is -1.56. The van der Waals surface area contributed by atoms with Gasteiger partial charge in [-0.25, -0.2) is 14.5 Å². The van der Waals surface area contributed by atoms with Gasteiger partial charge in [-0.05, 0) is 102 Å². The molecule has 8 rings (SSSR count).